The minimum Gasteiger partial charge on any atom is -0.467 e. The van der Waals surface area contributed by atoms with E-state index < -0.39 is 11.8 Å². The third-order valence-electron chi connectivity index (χ3n) is 4.50. The highest BCUT2D eigenvalue weighted by Gasteiger charge is 2.23. The summed E-state index contributed by atoms with van der Waals surface area (Å²) in [5, 5.41) is 9.67. The molecule has 3 aromatic rings. The summed E-state index contributed by atoms with van der Waals surface area (Å²) in [6, 6.07) is 10.0. The van der Waals surface area contributed by atoms with Gasteiger partial charge in [0.15, 0.2) is 11.5 Å². The van der Waals surface area contributed by atoms with Crippen LogP contribution < -0.4 is 20.1 Å². The minimum atomic E-state index is -0.782. The first kappa shape index (κ1) is 18.6. The number of furan rings is 1. The lowest BCUT2D eigenvalue weighted by Gasteiger charge is -2.18. The van der Waals surface area contributed by atoms with Crippen molar-refractivity contribution in [1.29, 1.82) is 0 Å². The van der Waals surface area contributed by atoms with E-state index in [0.717, 1.165) is 11.4 Å². The molecule has 150 valence electrons. The maximum absolute atomic E-state index is 12.3. The SMILES string of the molecule is Cc1cc(C)n(C(CNC(=O)C(=O)Nc2ccc3c(c2)OCO3)c2ccco2)n1. The predicted octanol–water partition coefficient (Wildman–Crippen LogP) is 2.17. The van der Waals surface area contributed by atoms with E-state index in [1.54, 1.807) is 41.3 Å². The van der Waals surface area contributed by atoms with E-state index in [1.807, 2.05) is 19.9 Å². The molecule has 0 spiro atoms. The second-order valence-electron chi connectivity index (χ2n) is 6.64. The second kappa shape index (κ2) is 7.70. The maximum Gasteiger partial charge on any atom is 0.313 e. The van der Waals surface area contributed by atoms with Crippen molar-refractivity contribution in [3.05, 3.63) is 59.8 Å². The summed E-state index contributed by atoms with van der Waals surface area (Å²) in [4.78, 5) is 24.6. The number of anilines is 1. The van der Waals surface area contributed by atoms with Gasteiger partial charge in [-0.2, -0.15) is 5.10 Å². The molecule has 1 unspecified atom stereocenters. The van der Waals surface area contributed by atoms with Gasteiger partial charge >= 0.3 is 11.8 Å². The van der Waals surface area contributed by atoms with Gasteiger partial charge in [-0.25, -0.2) is 0 Å². The Bertz CT molecular complexity index is 1040. The van der Waals surface area contributed by atoms with Crippen LogP contribution in [0, 0.1) is 13.8 Å². The van der Waals surface area contributed by atoms with Gasteiger partial charge in [0.2, 0.25) is 6.79 Å². The highest BCUT2D eigenvalue weighted by molar-refractivity contribution is 6.39. The van der Waals surface area contributed by atoms with Crippen molar-refractivity contribution in [3.63, 3.8) is 0 Å². The van der Waals surface area contributed by atoms with E-state index in [4.69, 9.17) is 13.9 Å². The summed E-state index contributed by atoms with van der Waals surface area (Å²) >= 11 is 0. The molecule has 0 bridgehead atoms. The summed E-state index contributed by atoms with van der Waals surface area (Å²) in [6.45, 7) is 4.08. The minimum absolute atomic E-state index is 0.133. The monoisotopic (exact) mass is 396 g/mol. The number of carbonyl (C=O) groups is 2. The van der Waals surface area contributed by atoms with Crippen molar-refractivity contribution < 1.29 is 23.5 Å². The number of fused-ring (bicyclic) bond motifs is 1. The van der Waals surface area contributed by atoms with Crippen molar-refractivity contribution in [2.24, 2.45) is 0 Å². The number of ether oxygens (including phenoxy) is 2. The van der Waals surface area contributed by atoms with Crippen molar-refractivity contribution in [3.8, 4) is 11.5 Å². The number of nitrogens with one attached hydrogen (secondary N) is 2. The Kier molecular flexibility index (Phi) is 4.94. The fraction of sp³-hybridized carbons (Fsp3) is 0.250. The molecule has 3 heterocycles. The number of benzene rings is 1. The van der Waals surface area contributed by atoms with E-state index >= 15 is 0 Å². The average molecular weight is 396 g/mol. The van der Waals surface area contributed by atoms with Gasteiger partial charge < -0.3 is 24.5 Å². The molecule has 1 atom stereocenters. The fourth-order valence-corrected chi connectivity index (χ4v) is 3.18. The lowest BCUT2D eigenvalue weighted by Crippen LogP contribution is -2.39. The van der Waals surface area contributed by atoms with Crippen LogP contribution >= 0.6 is 0 Å². The van der Waals surface area contributed by atoms with E-state index in [0.29, 0.717) is 22.9 Å². The number of nitrogens with zero attached hydrogens (tertiary/aromatic N) is 2. The number of carbonyl (C=O) groups excluding carboxylic acids is 2. The summed E-state index contributed by atoms with van der Waals surface area (Å²) in [6.07, 6.45) is 1.56. The van der Waals surface area contributed by atoms with E-state index in [9.17, 15) is 9.59 Å². The molecule has 9 nitrogen and oxygen atoms in total. The van der Waals surface area contributed by atoms with Crippen LogP contribution in [0.5, 0.6) is 11.5 Å². The van der Waals surface area contributed by atoms with E-state index in [-0.39, 0.29) is 19.4 Å². The third-order valence-corrected chi connectivity index (χ3v) is 4.50. The topological polar surface area (TPSA) is 108 Å². The molecule has 0 radical (unpaired) electrons. The zero-order valence-electron chi connectivity index (χ0n) is 16.0. The zero-order valence-corrected chi connectivity index (χ0v) is 16.0. The number of aryl methyl sites for hydroxylation is 2. The average Bonchev–Trinajstić information content (AvgIpc) is 3.43. The van der Waals surface area contributed by atoms with Crippen molar-refractivity contribution in [2.45, 2.75) is 19.9 Å². The highest BCUT2D eigenvalue weighted by atomic mass is 16.7. The number of hydrogen-bond acceptors (Lipinski definition) is 6. The Morgan fingerprint density at radius 1 is 1.14 bits per heavy atom. The van der Waals surface area contributed by atoms with Crippen LogP contribution in [0.1, 0.15) is 23.2 Å². The fourth-order valence-electron chi connectivity index (χ4n) is 3.18. The van der Waals surface area contributed by atoms with Crippen molar-refractivity contribution in [2.75, 3.05) is 18.7 Å². The van der Waals surface area contributed by atoms with Crippen LogP contribution in [0.25, 0.3) is 0 Å². The molecular formula is C20H20N4O5. The third kappa shape index (κ3) is 3.93. The van der Waals surface area contributed by atoms with Gasteiger partial charge in [0.1, 0.15) is 11.8 Å². The normalized spacial score (nSPS) is 13.2. The largest absolute Gasteiger partial charge is 0.467 e. The number of rotatable bonds is 5. The lowest BCUT2D eigenvalue weighted by atomic mass is 10.2. The molecule has 2 amide bonds. The van der Waals surface area contributed by atoms with Gasteiger partial charge in [0.25, 0.3) is 0 Å². The highest BCUT2D eigenvalue weighted by Crippen LogP contribution is 2.34. The van der Waals surface area contributed by atoms with Gasteiger partial charge in [-0.3, -0.25) is 14.3 Å². The first-order valence-electron chi connectivity index (χ1n) is 9.06. The molecular weight excluding hydrogens is 376 g/mol. The summed E-state index contributed by atoms with van der Waals surface area (Å²) in [5.41, 5.74) is 2.21. The Morgan fingerprint density at radius 2 is 1.97 bits per heavy atom. The lowest BCUT2D eigenvalue weighted by molar-refractivity contribution is -0.136. The van der Waals surface area contributed by atoms with Crippen LogP contribution in [-0.4, -0.2) is 34.9 Å². The Labute approximate surface area is 166 Å². The predicted molar refractivity (Wildman–Crippen MR) is 103 cm³/mol. The van der Waals surface area contributed by atoms with Gasteiger partial charge in [0, 0.05) is 24.0 Å². The Morgan fingerprint density at radius 3 is 2.69 bits per heavy atom. The molecule has 1 aliphatic heterocycles. The molecule has 0 aliphatic carbocycles. The van der Waals surface area contributed by atoms with Crippen LogP contribution in [0.3, 0.4) is 0 Å². The summed E-state index contributed by atoms with van der Waals surface area (Å²) in [7, 11) is 0. The number of hydrogen-bond donors (Lipinski definition) is 2. The molecule has 29 heavy (non-hydrogen) atoms. The Balaban J connectivity index is 1.42. The molecule has 1 aromatic carbocycles. The van der Waals surface area contributed by atoms with E-state index in [2.05, 4.69) is 15.7 Å². The molecule has 0 fully saturated rings. The smallest absolute Gasteiger partial charge is 0.313 e. The number of amides is 2. The van der Waals surface area contributed by atoms with E-state index in [1.165, 1.54) is 0 Å². The van der Waals surface area contributed by atoms with Crippen LogP contribution in [0.15, 0.2) is 47.1 Å². The summed E-state index contributed by atoms with van der Waals surface area (Å²) < 4.78 is 17.8. The van der Waals surface area contributed by atoms with Crippen LogP contribution in [0.2, 0.25) is 0 Å². The molecule has 2 aromatic heterocycles. The second-order valence-corrected chi connectivity index (χ2v) is 6.64. The maximum atomic E-state index is 12.3. The van der Waals surface area contributed by atoms with Gasteiger partial charge in [-0.1, -0.05) is 0 Å². The van der Waals surface area contributed by atoms with Gasteiger partial charge in [-0.05, 0) is 44.2 Å². The standard InChI is InChI=1S/C20H20N4O5/c1-12-8-13(2)24(23-12)15(16-4-3-7-27-16)10-21-19(25)20(26)22-14-5-6-17-18(9-14)29-11-28-17/h3-9,15H,10-11H2,1-2H3,(H,21,25)(H,22,26). The molecule has 4 rings (SSSR count). The number of aromatic nitrogens is 2. The Hall–Kier alpha value is -3.75. The van der Waals surface area contributed by atoms with Crippen molar-refractivity contribution in [1.82, 2.24) is 15.1 Å². The molecule has 0 saturated heterocycles. The van der Waals surface area contributed by atoms with Gasteiger partial charge in [0.05, 0.1) is 12.0 Å². The molecule has 9 heteroatoms. The molecule has 1 aliphatic rings. The first-order valence-corrected chi connectivity index (χ1v) is 9.06. The van der Waals surface area contributed by atoms with Crippen LogP contribution in [0.4, 0.5) is 5.69 Å². The van der Waals surface area contributed by atoms with Crippen LogP contribution in [-0.2, 0) is 9.59 Å². The zero-order chi connectivity index (χ0) is 20.4. The summed E-state index contributed by atoms with van der Waals surface area (Å²) in [5.74, 6) is 0.202. The molecule has 2 N–H and O–H groups in total. The quantitative estimate of drug-likeness (QED) is 0.640. The van der Waals surface area contributed by atoms with Gasteiger partial charge in [-0.15, -0.1) is 0 Å². The first-order chi connectivity index (χ1) is 14.0. The molecule has 0 saturated carbocycles. The van der Waals surface area contributed by atoms with Crippen molar-refractivity contribution >= 4 is 17.5 Å².